The maximum atomic E-state index is 12.5. The molecule has 0 spiro atoms. The largest absolute Gasteiger partial charge is 0.408 e. The minimum atomic E-state index is -4.35. The molecular formula is C11H12F3N5. The number of anilines is 1. The lowest BCUT2D eigenvalue weighted by atomic mass is 10.2. The molecule has 0 aliphatic rings. The summed E-state index contributed by atoms with van der Waals surface area (Å²) in [7, 11) is 0. The lowest BCUT2D eigenvalue weighted by Gasteiger charge is -2.08. The van der Waals surface area contributed by atoms with Gasteiger partial charge >= 0.3 is 6.18 Å². The quantitative estimate of drug-likeness (QED) is 0.927. The second-order valence-electron chi connectivity index (χ2n) is 3.95. The molecule has 2 aromatic rings. The number of hydrogen-bond donors (Lipinski definition) is 1. The predicted molar refractivity (Wildman–Crippen MR) is 63.1 cm³/mol. The number of pyridine rings is 1. The molecule has 102 valence electrons. The van der Waals surface area contributed by atoms with Crippen molar-refractivity contribution in [2.75, 3.05) is 5.73 Å². The highest BCUT2D eigenvalue weighted by molar-refractivity contribution is 5.55. The molecule has 0 unspecified atom stereocenters. The Hall–Kier alpha value is -2.12. The van der Waals surface area contributed by atoms with E-state index in [1.807, 2.05) is 0 Å². The van der Waals surface area contributed by atoms with E-state index in [0.29, 0.717) is 23.6 Å². The van der Waals surface area contributed by atoms with Crippen LogP contribution in [-0.2, 0) is 13.0 Å². The van der Waals surface area contributed by atoms with Gasteiger partial charge in [0.15, 0.2) is 11.6 Å². The van der Waals surface area contributed by atoms with E-state index < -0.39 is 12.7 Å². The number of aryl methyl sites for hydroxylation is 1. The Kier molecular flexibility index (Phi) is 3.41. The zero-order valence-electron chi connectivity index (χ0n) is 10.1. The first-order chi connectivity index (χ1) is 8.89. The van der Waals surface area contributed by atoms with Gasteiger partial charge in [-0.15, -0.1) is 0 Å². The van der Waals surface area contributed by atoms with Gasteiger partial charge in [0.25, 0.3) is 0 Å². The molecule has 0 aliphatic heterocycles. The van der Waals surface area contributed by atoms with Crippen LogP contribution in [0.25, 0.3) is 11.4 Å². The van der Waals surface area contributed by atoms with Crippen LogP contribution in [0.5, 0.6) is 0 Å². The Balaban J connectivity index is 2.43. The van der Waals surface area contributed by atoms with E-state index in [-0.39, 0.29) is 5.82 Å². The molecule has 2 heterocycles. The summed E-state index contributed by atoms with van der Waals surface area (Å²) in [6.45, 7) is 0.595. The summed E-state index contributed by atoms with van der Waals surface area (Å²) in [4.78, 5) is 7.93. The first kappa shape index (κ1) is 13.3. The predicted octanol–water partition coefficient (Wildman–Crippen LogP) is 2.05. The van der Waals surface area contributed by atoms with E-state index in [1.54, 1.807) is 13.0 Å². The fourth-order valence-corrected chi connectivity index (χ4v) is 1.57. The molecule has 0 radical (unpaired) electrons. The fraction of sp³-hybridized carbons (Fsp3) is 0.364. The molecule has 0 saturated carbocycles. The van der Waals surface area contributed by atoms with Crippen molar-refractivity contribution in [3.05, 3.63) is 24.2 Å². The molecule has 0 fully saturated rings. The average molecular weight is 271 g/mol. The van der Waals surface area contributed by atoms with E-state index in [9.17, 15) is 13.2 Å². The summed E-state index contributed by atoms with van der Waals surface area (Å²) < 4.78 is 38.3. The number of hydrogen-bond acceptors (Lipinski definition) is 4. The van der Waals surface area contributed by atoms with Crippen LogP contribution in [0.3, 0.4) is 0 Å². The van der Waals surface area contributed by atoms with Crippen molar-refractivity contribution in [2.45, 2.75) is 26.1 Å². The van der Waals surface area contributed by atoms with E-state index in [4.69, 9.17) is 5.73 Å². The first-order valence-electron chi connectivity index (χ1n) is 5.61. The smallest absolute Gasteiger partial charge is 0.384 e. The summed E-state index contributed by atoms with van der Waals surface area (Å²) in [5.74, 6) is 0.791. The topological polar surface area (TPSA) is 69.6 Å². The highest BCUT2D eigenvalue weighted by Crippen LogP contribution is 2.23. The van der Waals surface area contributed by atoms with Crippen LogP contribution < -0.4 is 5.73 Å². The Bertz CT molecular complexity index is 559. The first-order valence-corrected chi connectivity index (χ1v) is 5.61. The minimum absolute atomic E-state index is 0.140. The van der Waals surface area contributed by atoms with E-state index >= 15 is 0 Å². The number of nitrogen functional groups attached to an aromatic ring is 1. The average Bonchev–Trinajstić information content (AvgIpc) is 2.71. The normalized spacial score (nSPS) is 11.8. The van der Waals surface area contributed by atoms with Gasteiger partial charge in [-0.25, -0.2) is 14.6 Å². The van der Waals surface area contributed by atoms with E-state index in [1.165, 1.54) is 12.3 Å². The molecule has 0 bridgehead atoms. The molecule has 0 aromatic carbocycles. The molecule has 19 heavy (non-hydrogen) atoms. The molecule has 0 saturated heterocycles. The van der Waals surface area contributed by atoms with E-state index in [2.05, 4.69) is 15.1 Å². The van der Waals surface area contributed by atoms with Crippen molar-refractivity contribution in [1.29, 1.82) is 0 Å². The summed E-state index contributed by atoms with van der Waals surface area (Å²) >= 11 is 0. The van der Waals surface area contributed by atoms with Crippen molar-refractivity contribution < 1.29 is 13.2 Å². The summed E-state index contributed by atoms with van der Waals surface area (Å²) in [6.07, 6.45) is -2.51. The third kappa shape index (κ3) is 3.21. The zero-order chi connectivity index (χ0) is 14.0. The van der Waals surface area contributed by atoms with Crippen LogP contribution in [0.4, 0.5) is 19.0 Å². The van der Waals surface area contributed by atoms with Crippen LogP contribution in [0.2, 0.25) is 0 Å². The molecule has 2 rings (SSSR count). The molecule has 0 atom stereocenters. The third-order valence-electron chi connectivity index (χ3n) is 2.41. The molecular weight excluding hydrogens is 259 g/mol. The second-order valence-corrected chi connectivity index (χ2v) is 3.95. The Labute approximate surface area is 107 Å². The van der Waals surface area contributed by atoms with Crippen LogP contribution in [0.15, 0.2) is 18.3 Å². The number of aromatic nitrogens is 4. The highest BCUT2D eigenvalue weighted by Gasteiger charge is 2.30. The van der Waals surface area contributed by atoms with Gasteiger partial charge < -0.3 is 5.73 Å². The van der Waals surface area contributed by atoms with Crippen LogP contribution in [-0.4, -0.2) is 25.9 Å². The number of nitrogens with zero attached hydrogens (tertiary/aromatic N) is 4. The Morgan fingerprint density at radius 2 is 2.05 bits per heavy atom. The monoisotopic (exact) mass is 271 g/mol. The van der Waals surface area contributed by atoms with Crippen LogP contribution in [0.1, 0.15) is 12.7 Å². The van der Waals surface area contributed by atoms with Gasteiger partial charge in [0.05, 0.1) is 0 Å². The van der Waals surface area contributed by atoms with Crippen LogP contribution >= 0.6 is 0 Å². The molecule has 0 amide bonds. The van der Waals surface area contributed by atoms with Crippen LogP contribution in [0, 0.1) is 0 Å². The fourth-order valence-electron chi connectivity index (χ4n) is 1.57. The molecule has 5 nitrogen and oxygen atoms in total. The van der Waals surface area contributed by atoms with Gasteiger partial charge in [-0.05, 0) is 12.1 Å². The van der Waals surface area contributed by atoms with Crippen molar-refractivity contribution >= 4 is 5.82 Å². The molecule has 8 heteroatoms. The molecule has 0 aliphatic carbocycles. The third-order valence-corrected chi connectivity index (χ3v) is 2.41. The van der Waals surface area contributed by atoms with Gasteiger partial charge in [0.2, 0.25) is 0 Å². The molecule has 2 N–H and O–H groups in total. The van der Waals surface area contributed by atoms with Gasteiger partial charge in [-0.2, -0.15) is 18.3 Å². The van der Waals surface area contributed by atoms with Crippen molar-refractivity contribution in [3.8, 4) is 11.4 Å². The molecule has 2 aromatic heterocycles. The standard InChI is InChI=1S/C11H12F3N5/c1-2-9-17-10(7-3-4-8(15)16-5-7)19(18-9)6-11(12,13)14/h3-5H,2,6H2,1H3,(H2,15,16). The van der Waals surface area contributed by atoms with Gasteiger partial charge in [-0.3, -0.25) is 0 Å². The summed E-state index contributed by atoms with van der Waals surface area (Å²) in [5.41, 5.74) is 5.89. The van der Waals surface area contributed by atoms with Crippen molar-refractivity contribution in [3.63, 3.8) is 0 Å². The maximum Gasteiger partial charge on any atom is 0.408 e. The summed E-state index contributed by atoms with van der Waals surface area (Å²) in [5, 5.41) is 3.84. The van der Waals surface area contributed by atoms with Gasteiger partial charge in [-0.1, -0.05) is 6.92 Å². The second kappa shape index (κ2) is 4.87. The van der Waals surface area contributed by atoms with Crippen molar-refractivity contribution in [2.24, 2.45) is 0 Å². The number of nitrogens with two attached hydrogens (primary N) is 1. The van der Waals surface area contributed by atoms with E-state index in [0.717, 1.165) is 4.68 Å². The lowest BCUT2D eigenvalue weighted by molar-refractivity contribution is -0.142. The minimum Gasteiger partial charge on any atom is -0.384 e. The maximum absolute atomic E-state index is 12.5. The number of halogens is 3. The highest BCUT2D eigenvalue weighted by atomic mass is 19.4. The SMILES string of the molecule is CCc1nc(-c2ccc(N)nc2)n(CC(F)(F)F)n1. The van der Waals surface area contributed by atoms with Gasteiger partial charge in [0, 0.05) is 18.2 Å². The lowest BCUT2D eigenvalue weighted by Crippen LogP contribution is -2.19. The summed E-state index contributed by atoms with van der Waals surface area (Å²) in [6, 6.07) is 3.08. The zero-order valence-corrected chi connectivity index (χ0v) is 10.1. The number of rotatable bonds is 3. The Morgan fingerprint density at radius 3 is 2.58 bits per heavy atom. The number of alkyl halides is 3. The Morgan fingerprint density at radius 1 is 1.32 bits per heavy atom. The van der Waals surface area contributed by atoms with Gasteiger partial charge in [0.1, 0.15) is 12.4 Å². The van der Waals surface area contributed by atoms with Crippen molar-refractivity contribution in [1.82, 2.24) is 19.7 Å².